The SMILES string of the molecule is CC[C@@H](C(=O)NC(C)C)N(Cc1ccccc1)C(=O)CN(c1cccc([N+](=O)[O-])c1)S(C)(=O)=O. The minimum absolute atomic E-state index is 0.00982. The van der Waals surface area contributed by atoms with Crippen molar-refractivity contribution in [1.82, 2.24) is 10.2 Å². The van der Waals surface area contributed by atoms with Crippen molar-refractivity contribution in [1.29, 1.82) is 0 Å². The highest BCUT2D eigenvalue weighted by Gasteiger charge is 2.32. The van der Waals surface area contributed by atoms with Crippen LogP contribution in [0.1, 0.15) is 32.8 Å². The van der Waals surface area contributed by atoms with Crippen LogP contribution in [0.2, 0.25) is 0 Å². The van der Waals surface area contributed by atoms with Crippen molar-refractivity contribution in [3.8, 4) is 0 Å². The molecule has 11 heteroatoms. The van der Waals surface area contributed by atoms with Crippen molar-refractivity contribution < 1.29 is 22.9 Å². The second-order valence-electron chi connectivity index (χ2n) is 8.14. The lowest BCUT2D eigenvalue weighted by Crippen LogP contribution is -2.53. The number of carbonyl (C=O) groups is 2. The van der Waals surface area contributed by atoms with E-state index in [1.54, 1.807) is 19.1 Å². The zero-order valence-electron chi connectivity index (χ0n) is 19.7. The van der Waals surface area contributed by atoms with E-state index in [-0.39, 0.29) is 29.9 Å². The van der Waals surface area contributed by atoms with Crippen LogP contribution in [-0.2, 0) is 26.2 Å². The van der Waals surface area contributed by atoms with Crippen molar-refractivity contribution >= 4 is 33.2 Å². The molecule has 34 heavy (non-hydrogen) atoms. The van der Waals surface area contributed by atoms with Crippen LogP contribution in [0.3, 0.4) is 0 Å². The summed E-state index contributed by atoms with van der Waals surface area (Å²) in [5, 5.41) is 14.0. The van der Waals surface area contributed by atoms with Gasteiger partial charge in [-0.3, -0.25) is 24.0 Å². The summed E-state index contributed by atoms with van der Waals surface area (Å²) in [7, 11) is -3.97. The molecule has 0 unspecified atom stereocenters. The molecular weight excluding hydrogens is 460 g/mol. The van der Waals surface area contributed by atoms with Crippen LogP contribution < -0.4 is 9.62 Å². The van der Waals surface area contributed by atoms with Crippen molar-refractivity contribution in [2.45, 2.75) is 45.8 Å². The summed E-state index contributed by atoms with van der Waals surface area (Å²) in [5.74, 6) is -0.949. The molecule has 0 heterocycles. The quantitative estimate of drug-likeness (QED) is 0.381. The normalized spacial score (nSPS) is 12.1. The number of hydrogen-bond acceptors (Lipinski definition) is 6. The molecule has 2 rings (SSSR count). The third-order valence-electron chi connectivity index (χ3n) is 5.02. The maximum absolute atomic E-state index is 13.5. The van der Waals surface area contributed by atoms with Gasteiger partial charge in [0.15, 0.2) is 0 Å². The molecule has 2 amide bonds. The third-order valence-corrected chi connectivity index (χ3v) is 6.16. The first-order valence-corrected chi connectivity index (χ1v) is 12.6. The minimum atomic E-state index is -3.97. The fourth-order valence-corrected chi connectivity index (χ4v) is 4.30. The van der Waals surface area contributed by atoms with Gasteiger partial charge in [0.1, 0.15) is 12.6 Å². The smallest absolute Gasteiger partial charge is 0.271 e. The van der Waals surface area contributed by atoms with Gasteiger partial charge in [-0.05, 0) is 31.9 Å². The van der Waals surface area contributed by atoms with Crippen LogP contribution in [0.15, 0.2) is 54.6 Å². The number of nitro benzene ring substituents is 1. The number of anilines is 1. The number of benzene rings is 2. The van der Waals surface area contributed by atoms with Crippen LogP contribution in [0.4, 0.5) is 11.4 Å². The van der Waals surface area contributed by atoms with Crippen molar-refractivity contribution in [3.63, 3.8) is 0 Å². The molecule has 0 saturated heterocycles. The number of amides is 2. The first kappa shape index (κ1) is 26.8. The van der Waals surface area contributed by atoms with Crippen LogP contribution in [0.25, 0.3) is 0 Å². The maximum atomic E-state index is 13.5. The van der Waals surface area contributed by atoms with Gasteiger partial charge in [0, 0.05) is 24.7 Å². The van der Waals surface area contributed by atoms with E-state index in [4.69, 9.17) is 0 Å². The molecule has 184 valence electrons. The molecule has 0 bridgehead atoms. The topological polar surface area (TPSA) is 130 Å². The highest BCUT2D eigenvalue weighted by atomic mass is 32.2. The fraction of sp³-hybridized carbons (Fsp3) is 0.391. The number of non-ortho nitro benzene ring substituents is 1. The van der Waals surface area contributed by atoms with Gasteiger partial charge >= 0.3 is 0 Å². The van der Waals surface area contributed by atoms with Crippen LogP contribution >= 0.6 is 0 Å². The molecule has 0 saturated carbocycles. The Hall–Kier alpha value is -3.47. The summed E-state index contributed by atoms with van der Waals surface area (Å²) in [5.41, 5.74) is 0.458. The standard InChI is InChI=1S/C23H30N4O6S/c1-5-21(23(29)24-17(2)3)25(15-18-10-7-6-8-11-18)22(28)16-26(34(4,32)33)19-12-9-13-20(14-19)27(30)31/h6-14,17,21H,5,15-16H2,1-4H3,(H,24,29)/t21-/m0/s1. The average Bonchev–Trinajstić information content (AvgIpc) is 2.76. The van der Waals surface area contributed by atoms with Gasteiger partial charge in [0.05, 0.1) is 16.9 Å². The molecule has 10 nitrogen and oxygen atoms in total. The monoisotopic (exact) mass is 490 g/mol. The molecule has 1 atom stereocenters. The van der Waals surface area contributed by atoms with Gasteiger partial charge in [-0.2, -0.15) is 0 Å². The maximum Gasteiger partial charge on any atom is 0.271 e. The molecule has 2 aromatic rings. The second kappa shape index (κ2) is 11.6. The Bertz CT molecular complexity index is 1120. The van der Waals surface area contributed by atoms with E-state index in [2.05, 4.69) is 5.32 Å². The van der Waals surface area contributed by atoms with E-state index in [0.29, 0.717) is 6.42 Å². The number of nitro groups is 1. The van der Waals surface area contributed by atoms with Crippen molar-refractivity contribution in [3.05, 3.63) is 70.3 Å². The average molecular weight is 491 g/mol. The predicted molar refractivity (Wildman–Crippen MR) is 130 cm³/mol. The Kier molecular flexibility index (Phi) is 9.13. The van der Waals surface area contributed by atoms with E-state index >= 15 is 0 Å². The van der Waals surface area contributed by atoms with Gasteiger partial charge in [-0.15, -0.1) is 0 Å². The molecule has 0 fully saturated rings. The van der Waals surface area contributed by atoms with Gasteiger partial charge in [0.2, 0.25) is 21.8 Å². The zero-order valence-corrected chi connectivity index (χ0v) is 20.5. The van der Waals surface area contributed by atoms with Gasteiger partial charge in [-0.25, -0.2) is 8.42 Å². The van der Waals surface area contributed by atoms with E-state index < -0.39 is 33.4 Å². The van der Waals surface area contributed by atoms with Gasteiger partial charge < -0.3 is 10.2 Å². The van der Waals surface area contributed by atoms with E-state index in [1.807, 2.05) is 32.0 Å². The van der Waals surface area contributed by atoms with E-state index in [0.717, 1.165) is 22.2 Å². The Balaban J connectivity index is 2.45. The van der Waals surface area contributed by atoms with Crippen LogP contribution in [-0.4, -0.2) is 54.9 Å². The number of rotatable bonds is 11. The highest BCUT2D eigenvalue weighted by molar-refractivity contribution is 7.92. The fourth-order valence-electron chi connectivity index (χ4n) is 3.46. The molecule has 1 N–H and O–H groups in total. The molecule has 0 aromatic heterocycles. The Labute approximate surface area is 199 Å². The summed E-state index contributed by atoms with van der Waals surface area (Å²) in [4.78, 5) is 38.3. The number of nitrogens with zero attached hydrogens (tertiary/aromatic N) is 3. The van der Waals surface area contributed by atoms with Crippen LogP contribution in [0.5, 0.6) is 0 Å². The van der Waals surface area contributed by atoms with E-state index in [1.165, 1.54) is 23.1 Å². The van der Waals surface area contributed by atoms with Crippen molar-refractivity contribution in [2.24, 2.45) is 0 Å². The molecule has 0 radical (unpaired) electrons. The molecule has 0 aliphatic rings. The molecule has 2 aromatic carbocycles. The first-order chi connectivity index (χ1) is 15.9. The van der Waals surface area contributed by atoms with Crippen LogP contribution in [0, 0.1) is 10.1 Å². The number of nitrogens with one attached hydrogen (secondary N) is 1. The third kappa shape index (κ3) is 7.27. The van der Waals surface area contributed by atoms with Crippen molar-refractivity contribution in [2.75, 3.05) is 17.1 Å². The summed E-state index contributed by atoms with van der Waals surface area (Å²) >= 11 is 0. The lowest BCUT2D eigenvalue weighted by molar-refractivity contribution is -0.384. The number of sulfonamides is 1. The first-order valence-electron chi connectivity index (χ1n) is 10.8. The Morgan fingerprint density at radius 1 is 1.09 bits per heavy atom. The summed E-state index contributed by atoms with van der Waals surface area (Å²) in [6.07, 6.45) is 1.23. The lowest BCUT2D eigenvalue weighted by Gasteiger charge is -2.33. The number of hydrogen-bond donors (Lipinski definition) is 1. The minimum Gasteiger partial charge on any atom is -0.352 e. The number of carbonyl (C=O) groups excluding carboxylic acids is 2. The van der Waals surface area contributed by atoms with Gasteiger partial charge in [-0.1, -0.05) is 43.3 Å². The summed E-state index contributed by atoms with van der Waals surface area (Å²) in [6.45, 7) is 4.86. The molecule has 0 aliphatic heterocycles. The second-order valence-corrected chi connectivity index (χ2v) is 10.0. The van der Waals surface area contributed by atoms with Gasteiger partial charge in [0.25, 0.3) is 5.69 Å². The molecule has 0 spiro atoms. The largest absolute Gasteiger partial charge is 0.352 e. The predicted octanol–water partition coefficient (Wildman–Crippen LogP) is 2.69. The summed E-state index contributed by atoms with van der Waals surface area (Å²) in [6, 6.07) is 13.1. The Morgan fingerprint density at radius 3 is 2.26 bits per heavy atom. The molecule has 0 aliphatic carbocycles. The molecular formula is C23H30N4O6S. The highest BCUT2D eigenvalue weighted by Crippen LogP contribution is 2.24. The van der Waals surface area contributed by atoms with E-state index in [9.17, 15) is 28.1 Å². The lowest BCUT2D eigenvalue weighted by atomic mass is 10.1. The Morgan fingerprint density at radius 2 is 1.74 bits per heavy atom. The summed E-state index contributed by atoms with van der Waals surface area (Å²) < 4.78 is 25.9. The zero-order chi connectivity index (χ0) is 25.5.